The number of hydrogen-bond donors (Lipinski definition) is 3. The van der Waals surface area contributed by atoms with Crippen LogP contribution in [0.4, 0.5) is 0 Å². The maximum atomic E-state index is 13.2. The minimum absolute atomic E-state index is 0.0109. The molecule has 0 spiro atoms. The van der Waals surface area contributed by atoms with Crippen LogP contribution in [0.25, 0.3) is 0 Å². The van der Waals surface area contributed by atoms with Crippen LogP contribution in [0.5, 0.6) is 0 Å². The standard InChI is InChI=1S/C29H37N3O7S/c1-20(30)9-5-3-6-10-24(33)17-22-13-15-23(16-14-22)18-26(29(35)36)31-28(34)27-21(2)39-19-32(27)40(37,38)25-11-7-4-8-12-25/h4,7-8,11-16,21,26-27,30H,3,5-6,9-10,17-19H2,1-2H3,(H,31,34)(H,35,36). The van der Waals surface area contributed by atoms with Gasteiger partial charge in [-0.25, -0.2) is 13.2 Å². The van der Waals surface area contributed by atoms with E-state index < -0.39 is 40.1 Å². The smallest absolute Gasteiger partial charge is 0.326 e. The number of ketones is 1. The summed E-state index contributed by atoms with van der Waals surface area (Å²) in [5.41, 5.74) is 2.12. The van der Waals surface area contributed by atoms with Crippen LogP contribution in [0.15, 0.2) is 59.5 Å². The molecule has 1 saturated heterocycles. The number of carbonyl (C=O) groups excluding carboxylic acids is 2. The van der Waals surface area contributed by atoms with Crippen LogP contribution >= 0.6 is 0 Å². The van der Waals surface area contributed by atoms with Crippen molar-refractivity contribution in [3.63, 3.8) is 0 Å². The molecular formula is C29H37N3O7S. The first-order valence-electron chi connectivity index (χ1n) is 13.3. The fourth-order valence-electron chi connectivity index (χ4n) is 4.58. The summed E-state index contributed by atoms with van der Waals surface area (Å²) in [6.45, 7) is 3.02. The molecule has 11 heteroatoms. The van der Waals surface area contributed by atoms with Crippen LogP contribution in [0, 0.1) is 5.41 Å². The normalized spacial score (nSPS) is 18.2. The molecule has 1 amide bonds. The van der Waals surface area contributed by atoms with Crippen molar-refractivity contribution in [2.75, 3.05) is 6.73 Å². The summed E-state index contributed by atoms with van der Waals surface area (Å²) in [4.78, 5) is 37.5. The van der Waals surface area contributed by atoms with E-state index in [0.29, 0.717) is 17.7 Å². The number of rotatable bonds is 15. The number of Topliss-reactive ketones (excluding diaryl/α,β-unsaturated/α-hetero) is 1. The largest absolute Gasteiger partial charge is 0.480 e. The number of sulfonamides is 1. The fraction of sp³-hybridized carbons (Fsp3) is 0.448. The lowest BCUT2D eigenvalue weighted by Crippen LogP contribution is -2.54. The molecule has 3 N–H and O–H groups in total. The number of aliphatic carboxylic acids is 1. The number of nitrogens with zero attached hydrogens (tertiary/aromatic N) is 1. The first-order chi connectivity index (χ1) is 19.0. The molecule has 216 valence electrons. The van der Waals surface area contributed by atoms with E-state index in [1.165, 1.54) is 12.1 Å². The van der Waals surface area contributed by atoms with Crippen LogP contribution in [-0.4, -0.2) is 66.1 Å². The third-order valence-corrected chi connectivity index (χ3v) is 8.64. The lowest BCUT2D eigenvalue weighted by atomic mass is 10.00. The van der Waals surface area contributed by atoms with Gasteiger partial charge in [0, 0.05) is 25.0 Å². The van der Waals surface area contributed by atoms with Gasteiger partial charge in [0.15, 0.2) is 0 Å². The molecule has 3 atom stereocenters. The highest BCUT2D eigenvalue weighted by Crippen LogP contribution is 2.26. The van der Waals surface area contributed by atoms with Crippen molar-refractivity contribution in [2.45, 2.75) is 81.9 Å². The average molecular weight is 572 g/mol. The van der Waals surface area contributed by atoms with Gasteiger partial charge in [-0.2, -0.15) is 4.31 Å². The average Bonchev–Trinajstić information content (AvgIpc) is 3.31. The van der Waals surface area contributed by atoms with E-state index in [1.54, 1.807) is 56.3 Å². The van der Waals surface area contributed by atoms with E-state index in [1.807, 2.05) is 0 Å². The number of amides is 1. The van der Waals surface area contributed by atoms with Gasteiger partial charge >= 0.3 is 5.97 Å². The Bertz CT molecular complexity index is 1300. The van der Waals surface area contributed by atoms with Crippen molar-refractivity contribution >= 4 is 33.4 Å². The van der Waals surface area contributed by atoms with Crippen molar-refractivity contribution in [3.8, 4) is 0 Å². The van der Waals surface area contributed by atoms with Gasteiger partial charge in [-0.3, -0.25) is 9.59 Å². The Labute approximate surface area is 235 Å². The molecule has 1 heterocycles. The van der Waals surface area contributed by atoms with Crippen LogP contribution < -0.4 is 5.32 Å². The number of carboxylic acids is 1. The predicted octanol–water partition coefficient (Wildman–Crippen LogP) is 3.34. The zero-order valence-electron chi connectivity index (χ0n) is 22.8. The molecule has 3 unspecified atom stereocenters. The molecule has 0 aliphatic carbocycles. The zero-order chi connectivity index (χ0) is 29.3. The summed E-state index contributed by atoms with van der Waals surface area (Å²) in [6, 6.07) is 12.2. The highest BCUT2D eigenvalue weighted by Gasteiger charge is 2.45. The second-order valence-electron chi connectivity index (χ2n) is 10.1. The Kier molecular flexibility index (Phi) is 11.1. The minimum atomic E-state index is -4.04. The molecule has 0 aromatic heterocycles. The first-order valence-corrected chi connectivity index (χ1v) is 14.8. The lowest BCUT2D eigenvalue weighted by Gasteiger charge is -2.25. The monoisotopic (exact) mass is 571 g/mol. The Hall–Kier alpha value is -3.41. The third kappa shape index (κ3) is 8.54. The predicted molar refractivity (Wildman–Crippen MR) is 150 cm³/mol. The van der Waals surface area contributed by atoms with Gasteiger partial charge in [0.05, 0.1) is 11.0 Å². The summed E-state index contributed by atoms with van der Waals surface area (Å²) < 4.78 is 32.7. The summed E-state index contributed by atoms with van der Waals surface area (Å²) >= 11 is 0. The Morgan fingerprint density at radius 1 is 1.02 bits per heavy atom. The number of carbonyl (C=O) groups is 3. The van der Waals surface area contributed by atoms with Crippen molar-refractivity contribution in [1.29, 1.82) is 5.41 Å². The number of carboxylic acid groups (broad SMARTS) is 1. The van der Waals surface area contributed by atoms with Crippen LogP contribution in [0.3, 0.4) is 0 Å². The van der Waals surface area contributed by atoms with E-state index >= 15 is 0 Å². The number of ether oxygens (including phenoxy) is 1. The molecule has 1 fully saturated rings. The minimum Gasteiger partial charge on any atom is -0.480 e. The quantitative estimate of drug-likeness (QED) is 0.219. The molecule has 1 aliphatic rings. The second kappa shape index (κ2) is 14.3. The van der Waals surface area contributed by atoms with Crippen molar-refractivity contribution in [3.05, 3.63) is 65.7 Å². The molecule has 2 aromatic rings. The maximum Gasteiger partial charge on any atom is 0.326 e. The van der Waals surface area contributed by atoms with E-state index in [0.717, 1.165) is 35.6 Å². The van der Waals surface area contributed by atoms with Crippen LogP contribution in [0.1, 0.15) is 57.1 Å². The SMILES string of the molecule is CC(=N)CCCCCC(=O)Cc1ccc(CC(NC(=O)C2C(C)OCN2S(=O)(=O)c2ccccc2)C(=O)O)cc1. The van der Waals surface area contributed by atoms with Gasteiger partial charge in [-0.15, -0.1) is 0 Å². The van der Waals surface area contributed by atoms with Crippen molar-refractivity contribution in [2.24, 2.45) is 0 Å². The van der Waals surface area contributed by atoms with Crippen LogP contribution in [-0.2, 0) is 42.0 Å². The van der Waals surface area contributed by atoms with Gasteiger partial charge in [0.1, 0.15) is 24.6 Å². The molecular weight excluding hydrogens is 534 g/mol. The highest BCUT2D eigenvalue weighted by molar-refractivity contribution is 7.89. The molecule has 0 radical (unpaired) electrons. The number of unbranched alkanes of at least 4 members (excludes halogenated alkanes) is 2. The summed E-state index contributed by atoms with van der Waals surface area (Å²) in [5, 5.41) is 19.7. The van der Waals surface area contributed by atoms with E-state index in [4.69, 9.17) is 10.1 Å². The molecule has 1 aliphatic heterocycles. The molecule has 2 aromatic carbocycles. The highest BCUT2D eigenvalue weighted by atomic mass is 32.2. The van der Waals surface area contributed by atoms with Crippen molar-refractivity contribution < 1.29 is 32.6 Å². The second-order valence-corrected chi connectivity index (χ2v) is 12.0. The van der Waals surface area contributed by atoms with Gasteiger partial charge < -0.3 is 20.6 Å². The Morgan fingerprint density at radius 2 is 1.65 bits per heavy atom. The third-order valence-electron chi connectivity index (χ3n) is 6.82. The number of hydrogen-bond acceptors (Lipinski definition) is 7. The Morgan fingerprint density at radius 3 is 2.27 bits per heavy atom. The lowest BCUT2D eigenvalue weighted by molar-refractivity contribution is -0.142. The topological polar surface area (TPSA) is 154 Å². The summed E-state index contributed by atoms with van der Waals surface area (Å²) in [5.74, 6) is -1.89. The van der Waals surface area contributed by atoms with E-state index in [-0.39, 0.29) is 30.3 Å². The Balaban J connectivity index is 1.59. The molecule has 0 saturated carbocycles. The molecule has 10 nitrogen and oxygen atoms in total. The zero-order valence-corrected chi connectivity index (χ0v) is 23.7. The van der Waals surface area contributed by atoms with Crippen LogP contribution in [0.2, 0.25) is 0 Å². The van der Waals surface area contributed by atoms with Gasteiger partial charge in [-0.05, 0) is 56.4 Å². The van der Waals surface area contributed by atoms with Gasteiger partial charge in [-0.1, -0.05) is 48.9 Å². The summed E-state index contributed by atoms with van der Waals surface area (Å²) in [6.07, 6.45) is 3.34. The van der Waals surface area contributed by atoms with E-state index in [2.05, 4.69) is 5.32 Å². The van der Waals surface area contributed by atoms with Crippen molar-refractivity contribution in [1.82, 2.24) is 9.62 Å². The summed E-state index contributed by atoms with van der Waals surface area (Å²) in [7, 11) is -4.04. The fourth-order valence-corrected chi connectivity index (χ4v) is 6.12. The molecule has 3 rings (SSSR count). The van der Waals surface area contributed by atoms with Gasteiger partial charge in [0.2, 0.25) is 15.9 Å². The molecule has 0 bridgehead atoms. The first kappa shape index (κ1) is 31.1. The maximum absolute atomic E-state index is 13.2. The van der Waals surface area contributed by atoms with Gasteiger partial charge in [0.25, 0.3) is 0 Å². The molecule has 40 heavy (non-hydrogen) atoms. The number of benzene rings is 2. The number of nitrogens with one attached hydrogen (secondary N) is 2. The van der Waals surface area contributed by atoms with E-state index in [9.17, 15) is 27.9 Å².